The highest BCUT2D eigenvalue weighted by Gasteiger charge is 2.23. The van der Waals surface area contributed by atoms with Crippen molar-refractivity contribution in [1.82, 2.24) is 5.32 Å². The number of aliphatic hydroxyl groups is 1. The number of carbonyl (C=O) groups is 1. The molecular formula is C61H117N2O6P. The lowest BCUT2D eigenvalue weighted by atomic mass is 10.0. The van der Waals surface area contributed by atoms with E-state index >= 15 is 0 Å². The number of quaternary nitrogens is 1. The first-order valence-electron chi connectivity index (χ1n) is 30.0. The van der Waals surface area contributed by atoms with Crippen molar-refractivity contribution in [2.45, 2.75) is 296 Å². The summed E-state index contributed by atoms with van der Waals surface area (Å²) in [4.78, 5) is 25.3. The summed E-state index contributed by atoms with van der Waals surface area (Å²) in [5.41, 5.74) is 0. The van der Waals surface area contributed by atoms with Gasteiger partial charge in [0.2, 0.25) is 5.91 Å². The molecule has 0 spiro atoms. The Hall–Kier alpha value is -1.54. The average molecular weight is 1010 g/mol. The Bertz CT molecular complexity index is 1280. The predicted molar refractivity (Wildman–Crippen MR) is 302 cm³/mol. The van der Waals surface area contributed by atoms with Gasteiger partial charge in [0, 0.05) is 6.42 Å². The van der Waals surface area contributed by atoms with Gasteiger partial charge in [-0.2, -0.15) is 0 Å². The molecule has 0 radical (unpaired) electrons. The van der Waals surface area contributed by atoms with Crippen LogP contribution >= 0.6 is 7.82 Å². The van der Waals surface area contributed by atoms with Crippen LogP contribution in [-0.2, 0) is 18.4 Å². The maximum absolute atomic E-state index is 12.8. The third-order valence-corrected chi connectivity index (χ3v) is 14.5. The average Bonchev–Trinajstić information content (AvgIpc) is 3.32. The summed E-state index contributed by atoms with van der Waals surface area (Å²) >= 11 is 0. The molecule has 3 atom stereocenters. The number of hydrogen-bond acceptors (Lipinski definition) is 6. The van der Waals surface area contributed by atoms with Gasteiger partial charge in [-0.05, 0) is 57.8 Å². The first-order chi connectivity index (χ1) is 34.0. The minimum atomic E-state index is -4.59. The lowest BCUT2D eigenvalue weighted by Gasteiger charge is -2.29. The Kier molecular flexibility index (Phi) is 51.2. The number of rotatable bonds is 55. The van der Waals surface area contributed by atoms with E-state index in [-0.39, 0.29) is 12.5 Å². The van der Waals surface area contributed by atoms with Gasteiger partial charge in [0.1, 0.15) is 13.2 Å². The van der Waals surface area contributed by atoms with Crippen molar-refractivity contribution in [1.29, 1.82) is 0 Å². The standard InChI is InChI=1S/C61H117N2O6P/c1-6-8-10-12-14-15-16-17-18-19-20-21-22-23-24-25-26-27-28-29-30-31-32-33-34-35-36-37-38-39-40-41-42-43-44-45-46-47-49-51-53-55-61(65)62-59(60(64)54-52-50-48-13-11-9-7-2)58-69-70(66,67)68-57-56-63(3,4)5/h11,13,16-17,19-20,52,54,59-60,64H,6-10,12,14-15,18,21-51,53,55-58H2,1-5H3,(H-,62,65,66,67)/b13-11+,17-16-,20-19-,54-52+. The molecule has 0 heterocycles. The van der Waals surface area contributed by atoms with E-state index in [1.807, 2.05) is 27.2 Å². The molecule has 0 saturated heterocycles. The minimum Gasteiger partial charge on any atom is -0.756 e. The number of amides is 1. The Labute approximate surface area is 435 Å². The van der Waals surface area contributed by atoms with Crippen LogP contribution in [0.4, 0.5) is 0 Å². The van der Waals surface area contributed by atoms with E-state index in [4.69, 9.17) is 9.05 Å². The molecule has 412 valence electrons. The molecule has 0 bridgehead atoms. The van der Waals surface area contributed by atoms with Crippen LogP contribution in [0.2, 0.25) is 0 Å². The summed E-state index contributed by atoms with van der Waals surface area (Å²) in [6.45, 7) is 4.52. The predicted octanol–water partition coefficient (Wildman–Crippen LogP) is 17.7. The van der Waals surface area contributed by atoms with Crippen molar-refractivity contribution in [3.63, 3.8) is 0 Å². The van der Waals surface area contributed by atoms with Gasteiger partial charge in [-0.25, -0.2) is 0 Å². The molecule has 3 unspecified atom stereocenters. The summed E-state index contributed by atoms with van der Waals surface area (Å²) in [6, 6.07) is -0.899. The molecule has 0 aliphatic carbocycles. The molecule has 70 heavy (non-hydrogen) atoms. The largest absolute Gasteiger partial charge is 0.756 e. The molecular weight excluding hydrogens is 888 g/mol. The maximum Gasteiger partial charge on any atom is 0.268 e. The fourth-order valence-corrected chi connectivity index (χ4v) is 9.52. The number of allylic oxidation sites excluding steroid dienone is 7. The number of unbranched alkanes of at least 4 members (excludes halogenated alkanes) is 36. The van der Waals surface area contributed by atoms with Crippen LogP contribution in [0, 0.1) is 0 Å². The fourth-order valence-electron chi connectivity index (χ4n) is 8.80. The summed E-state index contributed by atoms with van der Waals surface area (Å²) in [7, 11) is 1.25. The van der Waals surface area contributed by atoms with Crippen molar-refractivity contribution in [2.75, 3.05) is 40.9 Å². The first kappa shape index (κ1) is 68.5. The van der Waals surface area contributed by atoms with Crippen LogP contribution in [0.25, 0.3) is 0 Å². The topological polar surface area (TPSA) is 108 Å². The van der Waals surface area contributed by atoms with Crippen molar-refractivity contribution in [3.05, 3.63) is 48.6 Å². The van der Waals surface area contributed by atoms with E-state index < -0.39 is 26.6 Å². The summed E-state index contributed by atoms with van der Waals surface area (Å²) < 4.78 is 23.1. The monoisotopic (exact) mass is 1000 g/mol. The van der Waals surface area contributed by atoms with Crippen LogP contribution in [0.3, 0.4) is 0 Å². The Morgan fingerprint density at radius 2 is 0.871 bits per heavy atom. The van der Waals surface area contributed by atoms with Crippen LogP contribution in [0.1, 0.15) is 284 Å². The molecule has 0 fully saturated rings. The van der Waals surface area contributed by atoms with Gasteiger partial charge in [-0.3, -0.25) is 9.36 Å². The Morgan fingerprint density at radius 1 is 0.500 bits per heavy atom. The van der Waals surface area contributed by atoms with E-state index in [0.717, 1.165) is 51.4 Å². The van der Waals surface area contributed by atoms with Crippen LogP contribution in [-0.4, -0.2) is 68.5 Å². The van der Waals surface area contributed by atoms with Crippen LogP contribution in [0.15, 0.2) is 48.6 Å². The smallest absolute Gasteiger partial charge is 0.268 e. The molecule has 9 heteroatoms. The van der Waals surface area contributed by atoms with Gasteiger partial charge in [0.25, 0.3) is 7.82 Å². The van der Waals surface area contributed by atoms with E-state index in [9.17, 15) is 19.4 Å². The number of hydrogen-bond donors (Lipinski definition) is 2. The third kappa shape index (κ3) is 54.2. The van der Waals surface area contributed by atoms with Crippen molar-refractivity contribution >= 4 is 13.7 Å². The number of likely N-dealkylation sites (N-methyl/N-ethyl adjacent to an activating group) is 1. The van der Waals surface area contributed by atoms with Gasteiger partial charge in [0.05, 0.1) is 39.9 Å². The minimum absolute atomic E-state index is 0.00598. The van der Waals surface area contributed by atoms with Crippen LogP contribution < -0.4 is 10.2 Å². The molecule has 0 rings (SSSR count). The number of nitrogens with zero attached hydrogens (tertiary/aromatic N) is 1. The maximum atomic E-state index is 12.8. The normalized spacial score (nSPS) is 14.2. The second-order valence-electron chi connectivity index (χ2n) is 21.7. The lowest BCUT2D eigenvalue weighted by molar-refractivity contribution is -0.870. The summed E-state index contributed by atoms with van der Waals surface area (Å²) in [5, 5.41) is 13.7. The highest BCUT2D eigenvalue weighted by atomic mass is 31.2. The molecule has 0 aromatic heterocycles. The lowest BCUT2D eigenvalue weighted by Crippen LogP contribution is -2.45. The molecule has 1 amide bonds. The zero-order valence-electron chi connectivity index (χ0n) is 47.0. The summed E-state index contributed by atoms with van der Waals surface area (Å²) in [5.74, 6) is -0.208. The zero-order valence-corrected chi connectivity index (χ0v) is 47.9. The number of nitrogens with one attached hydrogen (secondary N) is 1. The number of carbonyl (C=O) groups excluding carboxylic acids is 1. The van der Waals surface area contributed by atoms with Crippen molar-refractivity contribution in [3.8, 4) is 0 Å². The number of phosphoric ester groups is 1. The highest BCUT2D eigenvalue weighted by Crippen LogP contribution is 2.38. The van der Waals surface area contributed by atoms with Gasteiger partial charge < -0.3 is 28.8 Å². The van der Waals surface area contributed by atoms with Gasteiger partial charge in [0.15, 0.2) is 0 Å². The molecule has 0 saturated carbocycles. The van der Waals surface area contributed by atoms with Gasteiger partial charge in [-0.1, -0.05) is 268 Å². The second-order valence-corrected chi connectivity index (χ2v) is 23.1. The molecule has 2 N–H and O–H groups in total. The van der Waals surface area contributed by atoms with Gasteiger partial charge >= 0.3 is 0 Å². The Balaban J connectivity index is 3.70. The van der Waals surface area contributed by atoms with Crippen LogP contribution in [0.5, 0.6) is 0 Å². The SMILES string of the molecule is CCC/C=C/CC/C=C/C(O)C(COP(=O)([O-])OCC[N+](C)(C)C)NC(=O)CCCCCCCCCCCCCCCCCCCCCCCCCCCCCCC/C=C\C/C=C\CCCCCCC. The Morgan fingerprint density at radius 3 is 1.29 bits per heavy atom. The van der Waals surface area contributed by atoms with E-state index in [0.29, 0.717) is 17.4 Å². The van der Waals surface area contributed by atoms with E-state index in [1.54, 1.807) is 6.08 Å². The molecule has 0 aromatic carbocycles. The third-order valence-electron chi connectivity index (χ3n) is 13.5. The quantitative estimate of drug-likeness (QED) is 0.0272. The first-order valence-corrected chi connectivity index (χ1v) is 31.5. The number of phosphoric acid groups is 1. The van der Waals surface area contributed by atoms with E-state index in [1.165, 1.54) is 212 Å². The fraction of sp³-hybridized carbons (Fsp3) is 0.852. The van der Waals surface area contributed by atoms with Gasteiger partial charge in [-0.15, -0.1) is 0 Å². The second kappa shape index (κ2) is 52.3. The zero-order chi connectivity index (χ0) is 51.3. The number of aliphatic hydroxyl groups excluding tert-OH is 1. The highest BCUT2D eigenvalue weighted by molar-refractivity contribution is 7.45. The molecule has 0 aliphatic heterocycles. The van der Waals surface area contributed by atoms with Crippen molar-refractivity contribution in [2.24, 2.45) is 0 Å². The molecule has 0 aliphatic rings. The summed E-state index contributed by atoms with van der Waals surface area (Å²) in [6.07, 6.45) is 69.9. The molecule has 8 nitrogen and oxygen atoms in total. The van der Waals surface area contributed by atoms with E-state index in [2.05, 4.69) is 55.6 Å². The molecule has 0 aromatic rings. The van der Waals surface area contributed by atoms with Crippen molar-refractivity contribution < 1.29 is 32.9 Å².